The fourth-order valence-electron chi connectivity index (χ4n) is 4.30. The van der Waals surface area contributed by atoms with Crippen molar-refractivity contribution in [3.05, 3.63) is 41.8 Å². The predicted octanol–water partition coefficient (Wildman–Crippen LogP) is 2.22. The third kappa shape index (κ3) is 1.95. The van der Waals surface area contributed by atoms with E-state index in [0.29, 0.717) is 5.92 Å². The summed E-state index contributed by atoms with van der Waals surface area (Å²) in [5, 5.41) is 7.71. The van der Waals surface area contributed by atoms with Crippen molar-refractivity contribution in [1.29, 1.82) is 0 Å². The van der Waals surface area contributed by atoms with E-state index in [-0.39, 0.29) is 5.41 Å². The molecule has 0 unspecified atom stereocenters. The second-order valence-corrected chi connectivity index (χ2v) is 7.09. The van der Waals surface area contributed by atoms with Gasteiger partial charge in [0.15, 0.2) is 5.82 Å². The van der Waals surface area contributed by atoms with Gasteiger partial charge in [-0.05, 0) is 44.4 Å². The average Bonchev–Trinajstić information content (AvgIpc) is 3.23. The molecule has 24 heavy (non-hydrogen) atoms. The van der Waals surface area contributed by atoms with Crippen molar-refractivity contribution in [1.82, 2.24) is 25.0 Å². The molecule has 124 valence electrons. The number of nitrogens with zero attached hydrogens (tertiary/aromatic N) is 4. The van der Waals surface area contributed by atoms with Crippen LogP contribution in [0.1, 0.15) is 30.4 Å². The molecule has 1 saturated carbocycles. The van der Waals surface area contributed by atoms with E-state index in [1.165, 1.54) is 6.42 Å². The molecule has 3 aromatic rings. The number of para-hydroxylation sites is 2. The zero-order chi connectivity index (χ0) is 16.1. The van der Waals surface area contributed by atoms with Gasteiger partial charge in [-0.2, -0.15) is 4.98 Å². The lowest BCUT2D eigenvalue weighted by Gasteiger charge is -2.40. The summed E-state index contributed by atoms with van der Waals surface area (Å²) in [6.07, 6.45) is 3.20. The van der Waals surface area contributed by atoms with Crippen LogP contribution in [0.15, 0.2) is 28.8 Å². The Morgan fingerprint density at radius 2 is 2.25 bits per heavy atom. The van der Waals surface area contributed by atoms with Gasteiger partial charge in [-0.3, -0.25) is 0 Å². The number of imidazole rings is 1. The van der Waals surface area contributed by atoms with Crippen LogP contribution >= 0.6 is 0 Å². The Labute approximate surface area is 140 Å². The maximum atomic E-state index is 5.63. The van der Waals surface area contributed by atoms with Gasteiger partial charge < -0.3 is 14.4 Å². The minimum Gasteiger partial charge on any atom is -0.339 e. The SMILES string of the molecule is Cc1nc2ccccc2n1CCc1noc([C@]23CC[C@H]2CNC3)n1. The molecule has 1 saturated heterocycles. The number of hydrogen-bond donors (Lipinski definition) is 1. The monoisotopic (exact) mass is 323 g/mol. The molecule has 6 nitrogen and oxygen atoms in total. The summed E-state index contributed by atoms with van der Waals surface area (Å²) in [7, 11) is 0. The van der Waals surface area contributed by atoms with Gasteiger partial charge in [0.1, 0.15) is 5.82 Å². The number of rotatable bonds is 4. The number of benzene rings is 1. The van der Waals surface area contributed by atoms with E-state index < -0.39 is 0 Å². The summed E-state index contributed by atoms with van der Waals surface area (Å²) in [4.78, 5) is 9.34. The van der Waals surface area contributed by atoms with E-state index in [1.54, 1.807) is 0 Å². The van der Waals surface area contributed by atoms with Gasteiger partial charge in [0, 0.05) is 19.5 Å². The highest BCUT2D eigenvalue weighted by molar-refractivity contribution is 5.75. The van der Waals surface area contributed by atoms with Crippen molar-refractivity contribution >= 4 is 11.0 Å². The van der Waals surface area contributed by atoms with E-state index in [1.807, 2.05) is 19.1 Å². The number of fused-ring (bicyclic) bond motifs is 2. The summed E-state index contributed by atoms with van der Waals surface area (Å²) in [6, 6.07) is 8.23. The van der Waals surface area contributed by atoms with Crippen LogP contribution in [0.4, 0.5) is 0 Å². The fourth-order valence-corrected chi connectivity index (χ4v) is 4.30. The predicted molar refractivity (Wildman–Crippen MR) is 89.7 cm³/mol. The molecule has 3 heterocycles. The molecule has 6 heteroatoms. The summed E-state index contributed by atoms with van der Waals surface area (Å²) < 4.78 is 7.86. The Hall–Kier alpha value is -2.21. The standard InChI is InChI=1S/C18H21N5O/c1-12-20-14-4-2-3-5-15(14)23(12)9-7-16-21-17(24-22-16)18-8-6-13(18)10-19-11-18/h2-5,13,19H,6-11H2,1H3/t13-,18-/m0/s1. The van der Waals surface area contributed by atoms with E-state index in [0.717, 1.165) is 61.0 Å². The van der Waals surface area contributed by atoms with Crippen LogP contribution in [0.5, 0.6) is 0 Å². The van der Waals surface area contributed by atoms with Crippen LogP contribution in [-0.4, -0.2) is 32.8 Å². The van der Waals surface area contributed by atoms with Crippen molar-refractivity contribution in [2.45, 2.75) is 38.1 Å². The smallest absolute Gasteiger partial charge is 0.234 e. The third-order valence-electron chi connectivity index (χ3n) is 5.85. The average molecular weight is 323 g/mol. The van der Waals surface area contributed by atoms with Gasteiger partial charge in [0.2, 0.25) is 5.89 Å². The van der Waals surface area contributed by atoms with E-state index >= 15 is 0 Å². The van der Waals surface area contributed by atoms with Gasteiger partial charge in [-0.1, -0.05) is 17.3 Å². The second-order valence-electron chi connectivity index (χ2n) is 7.09. The molecule has 2 aromatic heterocycles. The Morgan fingerprint density at radius 1 is 1.33 bits per heavy atom. The Kier molecular flexibility index (Phi) is 3.03. The molecule has 2 atom stereocenters. The molecule has 0 radical (unpaired) electrons. The van der Waals surface area contributed by atoms with E-state index in [2.05, 4.69) is 32.2 Å². The Balaban J connectivity index is 1.36. The quantitative estimate of drug-likeness (QED) is 0.797. The van der Waals surface area contributed by atoms with Crippen molar-refractivity contribution in [3.8, 4) is 0 Å². The van der Waals surface area contributed by atoms with Gasteiger partial charge in [-0.15, -0.1) is 0 Å². The van der Waals surface area contributed by atoms with Gasteiger partial charge in [0.25, 0.3) is 0 Å². The van der Waals surface area contributed by atoms with Crippen LogP contribution in [-0.2, 0) is 18.4 Å². The van der Waals surface area contributed by atoms with Crippen LogP contribution in [0.25, 0.3) is 11.0 Å². The highest BCUT2D eigenvalue weighted by Crippen LogP contribution is 2.50. The van der Waals surface area contributed by atoms with Gasteiger partial charge >= 0.3 is 0 Å². The summed E-state index contributed by atoms with van der Waals surface area (Å²) in [5.41, 5.74) is 2.32. The zero-order valence-corrected chi connectivity index (χ0v) is 13.8. The lowest BCUT2D eigenvalue weighted by Crippen LogP contribution is -2.44. The molecule has 1 aliphatic heterocycles. The Morgan fingerprint density at radius 3 is 3.08 bits per heavy atom. The van der Waals surface area contributed by atoms with Crippen LogP contribution in [0.2, 0.25) is 0 Å². The molecular formula is C18H21N5O. The van der Waals surface area contributed by atoms with Gasteiger partial charge in [-0.25, -0.2) is 4.98 Å². The fraction of sp³-hybridized carbons (Fsp3) is 0.500. The third-order valence-corrected chi connectivity index (χ3v) is 5.85. The number of aromatic nitrogens is 4. The lowest BCUT2D eigenvalue weighted by atomic mass is 9.62. The number of nitrogens with one attached hydrogen (secondary N) is 1. The second kappa shape index (κ2) is 5.14. The normalized spacial score (nSPS) is 25.8. The first-order valence-corrected chi connectivity index (χ1v) is 8.72. The molecule has 0 amide bonds. The molecule has 2 fully saturated rings. The van der Waals surface area contributed by atoms with Crippen molar-refractivity contribution in [2.75, 3.05) is 13.1 Å². The molecule has 1 aliphatic carbocycles. The lowest BCUT2D eigenvalue weighted by molar-refractivity contribution is 0.131. The van der Waals surface area contributed by atoms with E-state index in [9.17, 15) is 0 Å². The van der Waals surface area contributed by atoms with Gasteiger partial charge in [0.05, 0.1) is 16.4 Å². The maximum Gasteiger partial charge on any atom is 0.234 e. The first-order valence-electron chi connectivity index (χ1n) is 8.72. The largest absolute Gasteiger partial charge is 0.339 e. The van der Waals surface area contributed by atoms with Crippen LogP contribution in [0, 0.1) is 12.8 Å². The molecule has 1 N–H and O–H groups in total. The van der Waals surface area contributed by atoms with Crippen molar-refractivity contribution in [2.24, 2.45) is 5.92 Å². The summed E-state index contributed by atoms with van der Waals surface area (Å²) in [6.45, 7) is 4.92. The highest BCUT2D eigenvalue weighted by Gasteiger charge is 2.54. The minimum atomic E-state index is 0.114. The number of aryl methyl sites for hydroxylation is 3. The van der Waals surface area contributed by atoms with Crippen molar-refractivity contribution in [3.63, 3.8) is 0 Å². The Bertz CT molecular complexity index is 898. The summed E-state index contributed by atoms with van der Waals surface area (Å²) >= 11 is 0. The van der Waals surface area contributed by atoms with Crippen LogP contribution in [0.3, 0.4) is 0 Å². The minimum absolute atomic E-state index is 0.114. The molecule has 0 bridgehead atoms. The topological polar surface area (TPSA) is 68.8 Å². The maximum absolute atomic E-state index is 5.63. The first kappa shape index (κ1) is 14.2. The number of hydrogen-bond acceptors (Lipinski definition) is 5. The summed E-state index contributed by atoms with van der Waals surface area (Å²) in [5.74, 6) is 3.34. The highest BCUT2D eigenvalue weighted by atomic mass is 16.5. The molecule has 2 aliphatic rings. The molecule has 5 rings (SSSR count). The van der Waals surface area contributed by atoms with Crippen molar-refractivity contribution < 1.29 is 4.52 Å². The molecular weight excluding hydrogens is 302 g/mol. The molecule has 1 aromatic carbocycles. The zero-order valence-electron chi connectivity index (χ0n) is 13.8. The van der Waals surface area contributed by atoms with E-state index in [4.69, 9.17) is 9.51 Å². The molecule has 0 spiro atoms. The first-order chi connectivity index (χ1) is 11.8. The van der Waals surface area contributed by atoms with Crippen LogP contribution < -0.4 is 5.32 Å².